The smallest absolute Gasteiger partial charge is 0.260 e. The van der Waals surface area contributed by atoms with Crippen LogP contribution >= 0.6 is 11.6 Å². The van der Waals surface area contributed by atoms with Gasteiger partial charge in [-0.3, -0.25) is 14.5 Å². The Bertz CT molecular complexity index is 1300. The fraction of sp³-hybridized carbons (Fsp3) is 0.304. The van der Waals surface area contributed by atoms with Gasteiger partial charge < -0.3 is 0 Å². The molecule has 1 unspecified atom stereocenters. The van der Waals surface area contributed by atoms with Crippen molar-refractivity contribution in [2.24, 2.45) is 5.92 Å². The molecule has 0 radical (unpaired) electrons. The summed E-state index contributed by atoms with van der Waals surface area (Å²) in [5.41, 5.74) is 0.321. The zero-order chi connectivity index (χ0) is 24.0. The number of nitrogens with zero attached hydrogens (tertiary/aromatic N) is 3. The number of halogens is 1. The summed E-state index contributed by atoms with van der Waals surface area (Å²) in [6, 6.07) is 4.17. The number of hydrogen-bond acceptors (Lipinski definition) is 4. The van der Waals surface area contributed by atoms with E-state index in [0.29, 0.717) is 29.8 Å². The molecule has 0 N–H and O–H groups in total. The predicted octanol–water partition coefficient (Wildman–Crippen LogP) is 5.38. The fourth-order valence-electron chi connectivity index (χ4n) is 3.46. The third-order valence-electron chi connectivity index (χ3n) is 4.97. The van der Waals surface area contributed by atoms with Crippen LogP contribution in [0.25, 0.3) is 11.0 Å². The van der Waals surface area contributed by atoms with Crippen LogP contribution in [-0.4, -0.2) is 21.7 Å². The average Bonchev–Trinajstić information content (AvgIpc) is 3.05. The second-order valence-corrected chi connectivity index (χ2v) is 7.89. The number of fused-ring (bicyclic) bond motifs is 2. The van der Waals surface area contributed by atoms with Gasteiger partial charge in [-0.05, 0) is 48.2 Å². The number of amides is 1. The number of anilines is 1. The molecule has 1 aromatic carbocycles. The van der Waals surface area contributed by atoms with E-state index >= 15 is 0 Å². The van der Waals surface area contributed by atoms with Crippen LogP contribution in [0.15, 0.2) is 48.4 Å². The van der Waals surface area contributed by atoms with Crippen LogP contribution in [0.4, 0.5) is 5.82 Å². The largest absolute Gasteiger partial charge is 0.300 e. The number of carbonyl (C=O) groups excluding carboxylic acids is 2. The normalized spacial score (nSPS) is 17.9. The van der Waals surface area contributed by atoms with Crippen molar-refractivity contribution in [3.63, 3.8) is 0 Å². The first-order valence-electron chi connectivity index (χ1n) is 11.5. The van der Waals surface area contributed by atoms with Crippen molar-refractivity contribution in [2.75, 3.05) is 4.90 Å². The maximum Gasteiger partial charge on any atom is 0.260 e. The quantitative estimate of drug-likeness (QED) is 0.511. The third-order valence-corrected chi connectivity index (χ3v) is 5.18. The third kappa shape index (κ3) is 3.87. The van der Waals surface area contributed by atoms with Crippen molar-refractivity contribution >= 4 is 40.1 Å². The SMILES string of the molecule is [2H]c1c([2H])c([2H])c2c(c1[2H])C(=O)N(c1ccc3ccc(Cl)nc3n1)C2CC(=O)CCC(C)C. The van der Waals surface area contributed by atoms with Crippen LogP contribution < -0.4 is 4.90 Å². The summed E-state index contributed by atoms with van der Waals surface area (Å²) in [6.45, 7) is 4.03. The van der Waals surface area contributed by atoms with Crippen molar-refractivity contribution in [1.82, 2.24) is 9.97 Å². The lowest BCUT2D eigenvalue weighted by Gasteiger charge is -2.24. The molecule has 0 bridgehead atoms. The topological polar surface area (TPSA) is 63.2 Å². The number of benzene rings is 1. The van der Waals surface area contributed by atoms with Crippen LogP contribution in [-0.2, 0) is 4.79 Å². The van der Waals surface area contributed by atoms with Crippen LogP contribution in [0.2, 0.25) is 5.15 Å². The standard InChI is InChI=1S/C23H22ClN3O2/c1-14(2)7-10-16(28)13-19-17-5-3-4-6-18(17)23(29)27(19)21-12-9-15-8-11-20(24)25-22(15)26-21/h3-6,8-9,11-12,14,19H,7,10,13H2,1-2H3/i3D,4D,5D,6D. The van der Waals surface area contributed by atoms with E-state index in [0.717, 1.165) is 0 Å². The molecule has 2 aromatic heterocycles. The van der Waals surface area contributed by atoms with Gasteiger partial charge in [0.05, 0.1) is 11.5 Å². The molecule has 4 rings (SSSR count). The zero-order valence-electron chi connectivity index (χ0n) is 20.1. The van der Waals surface area contributed by atoms with Crippen molar-refractivity contribution in [2.45, 2.75) is 39.2 Å². The van der Waals surface area contributed by atoms with E-state index < -0.39 is 30.1 Å². The molecular formula is C23H22ClN3O2. The minimum Gasteiger partial charge on any atom is -0.300 e. The monoisotopic (exact) mass is 411 g/mol. The lowest BCUT2D eigenvalue weighted by molar-refractivity contribution is -0.119. The maximum atomic E-state index is 13.5. The Morgan fingerprint density at radius 3 is 2.76 bits per heavy atom. The van der Waals surface area contributed by atoms with Gasteiger partial charge in [0.2, 0.25) is 0 Å². The first-order chi connectivity index (χ1) is 15.6. The van der Waals surface area contributed by atoms with Gasteiger partial charge in [-0.2, -0.15) is 0 Å². The molecule has 1 atom stereocenters. The summed E-state index contributed by atoms with van der Waals surface area (Å²) in [5.74, 6) is -0.170. The van der Waals surface area contributed by atoms with Crippen LogP contribution in [0, 0.1) is 5.92 Å². The summed E-state index contributed by atoms with van der Waals surface area (Å²) < 4.78 is 32.8. The molecule has 1 aliphatic heterocycles. The molecule has 0 saturated carbocycles. The maximum absolute atomic E-state index is 13.5. The minimum atomic E-state index is -0.891. The highest BCUT2D eigenvalue weighted by atomic mass is 35.5. The highest BCUT2D eigenvalue weighted by Crippen LogP contribution is 2.39. The number of aromatic nitrogens is 2. The van der Waals surface area contributed by atoms with Crippen LogP contribution in [0.5, 0.6) is 0 Å². The van der Waals surface area contributed by atoms with Gasteiger partial charge in [0.25, 0.3) is 5.91 Å². The fourth-order valence-corrected chi connectivity index (χ4v) is 3.60. The molecule has 29 heavy (non-hydrogen) atoms. The van der Waals surface area contributed by atoms with Gasteiger partial charge in [0.15, 0.2) is 5.65 Å². The highest BCUT2D eigenvalue weighted by molar-refractivity contribution is 6.29. The average molecular weight is 412 g/mol. The molecule has 1 aliphatic rings. The molecule has 0 aliphatic carbocycles. The van der Waals surface area contributed by atoms with E-state index in [-0.39, 0.29) is 40.3 Å². The number of carbonyl (C=O) groups is 2. The van der Waals surface area contributed by atoms with Gasteiger partial charge in [-0.15, -0.1) is 0 Å². The molecule has 3 aromatic rings. The predicted molar refractivity (Wildman–Crippen MR) is 114 cm³/mol. The molecule has 148 valence electrons. The minimum absolute atomic E-state index is 0.0732. The van der Waals surface area contributed by atoms with Gasteiger partial charge >= 0.3 is 0 Å². The van der Waals surface area contributed by atoms with Crippen molar-refractivity contribution in [3.05, 3.63) is 64.7 Å². The number of pyridine rings is 2. The van der Waals surface area contributed by atoms with Gasteiger partial charge in [-0.25, -0.2) is 9.97 Å². The Morgan fingerprint density at radius 1 is 1.21 bits per heavy atom. The second-order valence-electron chi connectivity index (χ2n) is 7.51. The molecule has 0 saturated heterocycles. The Balaban J connectivity index is 1.85. The van der Waals surface area contributed by atoms with E-state index in [1.807, 2.05) is 13.8 Å². The van der Waals surface area contributed by atoms with Crippen LogP contribution in [0.1, 0.15) is 60.6 Å². The number of hydrogen-bond donors (Lipinski definition) is 0. The number of Topliss-reactive ketones (excluding diaryl/α,β-unsaturated/α-hetero) is 1. The van der Waals surface area contributed by atoms with Gasteiger partial charge in [-0.1, -0.05) is 43.6 Å². The highest BCUT2D eigenvalue weighted by Gasteiger charge is 2.39. The number of rotatable bonds is 6. The second kappa shape index (κ2) is 7.91. The van der Waals surface area contributed by atoms with E-state index in [4.69, 9.17) is 17.1 Å². The van der Waals surface area contributed by atoms with E-state index in [1.165, 1.54) is 4.90 Å². The van der Waals surface area contributed by atoms with Crippen molar-refractivity contribution in [3.8, 4) is 0 Å². The molecule has 6 heteroatoms. The Kier molecular flexibility index (Phi) is 4.12. The van der Waals surface area contributed by atoms with E-state index in [1.54, 1.807) is 24.3 Å². The zero-order valence-corrected chi connectivity index (χ0v) is 16.9. The molecule has 1 amide bonds. The van der Waals surface area contributed by atoms with Gasteiger partial charge in [0, 0.05) is 23.8 Å². The molecule has 0 spiro atoms. The first-order valence-corrected chi connectivity index (χ1v) is 9.86. The lowest BCUT2D eigenvalue weighted by atomic mass is 9.97. The summed E-state index contributed by atoms with van der Waals surface area (Å²) in [7, 11) is 0. The molecule has 5 nitrogen and oxygen atoms in total. The summed E-state index contributed by atoms with van der Waals surface area (Å²) in [4.78, 5) is 36.2. The molecular weight excluding hydrogens is 386 g/mol. The lowest BCUT2D eigenvalue weighted by Crippen LogP contribution is -2.30. The van der Waals surface area contributed by atoms with Crippen molar-refractivity contribution < 1.29 is 15.1 Å². The molecule has 3 heterocycles. The summed E-state index contributed by atoms with van der Waals surface area (Å²) in [6.07, 6.45) is 0.936. The van der Waals surface area contributed by atoms with Crippen molar-refractivity contribution in [1.29, 1.82) is 0 Å². The van der Waals surface area contributed by atoms with Crippen LogP contribution in [0.3, 0.4) is 0 Å². The van der Waals surface area contributed by atoms with Gasteiger partial charge in [0.1, 0.15) is 16.8 Å². The Labute approximate surface area is 180 Å². The van der Waals surface area contributed by atoms with E-state index in [9.17, 15) is 9.59 Å². The Morgan fingerprint density at radius 2 is 1.97 bits per heavy atom. The molecule has 0 fully saturated rings. The summed E-state index contributed by atoms with van der Waals surface area (Å²) in [5, 5.41) is 0.948. The summed E-state index contributed by atoms with van der Waals surface area (Å²) >= 11 is 6.00. The first kappa shape index (κ1) is 15.1. The van der Waals surface area contributed by atoms with E-state index in [2.05, 4.69) is 9.97 Å². The Hall–Kier alpha value is -2.79. The number of ketones is 1.